The minimum atomic E-state index is -0.0705. The van der Waals surface area contributed by atoms with Crippen molar-refractivity contribution in [3.63, 3.8) is 0 Å². The molecule has 1 aromatic rings. The van der Waals surface area contributed by atoms with Crippen molar-refractivity contribution in [2.45, 2.75) is 13.0 Å². The van der Waals surface area contributed by atoms with Crippen molar-refractivity contribution in [2.24, 2.45) is 5.73 Å². The molecule has 1 unspecified atom stereocenters. The van der Waals surface area contributed by atoms with Gasteiger partial charge in [-0.1, -0.05) is 0 Å². The molecule has 1 atom stereocenters. The van der Waals surface area contributed by atoms with Crippen molar-refractivity contribution in [2.75, 3.05) is 29.9 Å². The summed E-state index contributed by atoms with van der Waals surface area (Å²) in [5, 5.41) is 8.96. The normalized spacial score (nSPS) is 16.2. The summed E-state index contributed by atoms with van der Waals surface area (Å²) in [6, 6.07) is 7.40. The van der Waals surface area contributed by atoms with Crippen LogP contribution in [0.1, 0.15) is 12.5 Å². The fraction of sp³-hybridized carbons (Fsp3) is 0.385. The number of fused-ring (bicyclic) bond motifs is 1. The van der Waals surface area contributed by atoms with Crippen LogP contribution < -0.4 is 15.5 Å². The third-order valence-corrected chi connectivity index (χ3v) is 3.20. The van der Waals surface area contributed by atoms with E-state index in [0.29, 0.717) is 18.7 Å². The monoisotopic (exact) mass is 244 g/mol. The lowest BCUT2D eigenvalue weighted by molar-refractivity contribution is -0.117. The lowest BCUT2D eigenvalue weighted by atomic mass is 10.1. The zero-order valence-electron chi connectivity index (χ0n) is 10.6. The molecule has 2 rings (SSSR count). The van der Waals surface area contributed by atoms with Crippen molar-refractivity contribution in [3.8, 4) is 6.07 Å². The maximum atomic E-state index is 12.1. The molecule has 1 aliphatic rings. The summed E-state index contributed by atoms with van der Waals surface area (Å²) in [6.07, 6.45) is 0. The molecule has 1 aliphatic heterocycles. The highest BCUT2D eigenvalue weighted by Gasteiger charge is 2.30. The van der Waals surface area contributed by atoms with Gasteiger partial charge in [0.05, 0.1) is 29.6 Å². The van der Waals surface area contributed by atoms with Gasteiger partial charge >= 0.3 is 0 Å². The van der Waals surface area contributed by atoms with E-state index >= 15 is 0 Å². The Morgan fingerprint density at radius 2 is 2.22 bits per heavy atom. The molecule has 0 aromatic heterocycles. The summed E-state index contributed by atoms with van der Waals surface area (Å²) in [6.45, 7) is 2.64. The average molecular weight is 244 g/mol. The second-order valence-electron chi connectivity index (χ2n) is 4.52. The molecule has 0 fully saturated rings. The number of hydrogen-bond acceptors (Lipinski definition) is 4. The van der Waals surface area contributed by atoms with Gasteiger partial charge < -0.3 is 15.5 Å². The van der Waals surface area contributed by atoms with E-state index in [4.69, 9.17) is 11.0 Å². The fourth-order valence-electron chi connectivity index (χ4n) is 2.20. The van der Waals surface area contributed by atoms with Crippen LogP contribution in [0.2, 0.25) is 0 Å². The van der Waals surface area contributed by atoms with Crippen molar-refractivity contribution < 1.29 is 4.79 Å². The van der Waals surface area contributed by atoms with Crippen molar-refractivity contribution >= 4 is 17.3 Å². The van der Waals surface area contributed by atoms with E-state index < -0.39 is 0 Å². The molecular formula is C13H16N4O. The van der Waals surface area contributed by atoms with Gasteiger partial charge in [0.1, 0.15) is 0 Å². The SMILES string of the molecule is CC(CN)N1C(=O)CN(C)c2ccc(C#N)cc21. The molecule has 0 saturated heterocycles. The first-order valence-electron chi connectivity index (χ1n) is 5.86. The van der Waals surface area contributed by atoms with Crippen molar-refractivity contribution in [1.29, 1.82) is 5.26 Å². The molecule has 94 valence electrons. The molecule has 0 aliphatic carbocycles. The summed E-state index contributed by atoms with van der Waals surface area (Å²) in [5.74, 6) is 0.0121. The molecule has 0 spiro atoms. The Morgan fingerprint density at radius 3 is 2.83 bits per heavy atom. The molecule has 1 aromatic carbocycles. The second-order valence-corrected chi connectivity index (χ2v) is 4.52. The summed E-state index contributed by atoms with van der Waals surface area (Å²) in [5.41, 5.74) is 7.92. The zero-order chi connectivity index (χ0) is 13.3. The van der Waals surface area contributed by atoms with Gasteiger partial charge in [0.15, 0.2) is 0 Å². The van der Waals surface area contributed by atoms with E-state index in [1.807, 2.05) is 24.9 Å². The summed E-state index contributed by atoms with van der Waals surface area (Å²) < 4.78 is 0. The van der Waals surface area contributed by atoms with E-state index in [0.717, 1.165) is 11.4 Å². The molecule has 0 saturated carbocycles. The predicted molar refractivity (Wildman–Crippen MR) is 70.4 cm³/mol. The minimum Gasteiger partial charge on any atom is -0.364 e. The van der Waals surface area contributed by atoms with Crippen LogP contribution in [0.5, 0.6) is 0 Å². The van der Waals surface area contributed by atoms with E-state index in [2.05, 4.69) is 6.07 Å². The molecule has 5 heteroatoms. The number of rotatable bonds is 2. The Labute approximate surface area is 106 Å². The number of nitrogens with two attached hydrogens (primary N) is 1. The number of anilines is 2. The van der Waals surface area contributed by atoms with Crippen LogP contribution in [0.3, 0.4) is 0 Å². The molecule has 1 amide bonds. The van der Waals surface area contributed by atoms with Gasteiger partial charge in [-0.2, -0.15) is 5.26 Å². The number of carbonyl (C=O) groups excluding carboxylic acids is 1. The summed E-state index contributed by atoms with van der Waals surface area (Å²) in [7, 11) is 1.87. The first kappa shape index (κ1) is 12.4. The number of carbonyl (C=O) groups is 1. The molecule has 1 heterocycles. The first-order chi connectivity index (χ1) is 8.58. The molecule has 5 nitrogen and oxygen atoms in total. The first-order valence-corrected chi connectivity index (χ1v) is 5.86. The van der Waals surface area contributed by atoms with Gasteiger partial charge in [-0.25, -0.2) is 0 Å². The van der Waals surface area contributed by atoms with Crippen molar-refractivity contribution in [1.82, 2.24) is 0 Å². The molecule has 0 radical (unpaired) electrons. The lowest BCUT2D eigenvalue weighted by Gasteiger charge is -2.38. The van der Waals surface area contributed by atoms with E-state index in [1.165, 1.54) is 0 Å². The van der Waals surface area contributed by atoms with Gasteiger partial charge in [0, 0.05) is 19.6 Å². The number of benzene rings is 1. The largest absolute Gasteiger partial charge is 0.364 e. The Bertz CT molecular complexity index is 520. The van der Waals surface area contributed by atoms with Gasteiger partial charge in [0.2, 0.25) is 5.91 Å². The number of nitrogens with zero attached hydrogens (tertiary/aromatic N) is 3. The maximum absolute atomic E-state index is 12.1. The minimum absolute atomic E-state index is 0.0121. The van der Waals surface area contributed by atoms with Crippen LogP contribution in [-0.4, -0.2) is 32.1 Å². The molecular weight excluding hydrogens is 228 g/mol. The van der Waals surface area contributed by atoms with Gasteiger partial charge in [0.25, 0.3) is 0 Å². The van der Waals surface area contributed by atoms with Crippen LogP contribution in [0.25, 0.3) is 0 Å². The zero-order valence-corrected chi connectivity index (χ0v) is 10.6. The van der Waals surface area contributed by atoms with E-state index in [-0.39, 0.29) is 11.9 Å². The van der Waals surface area contributed by atoms with E-state index in [1.54, 1.807) is 17.0 Å². The molecule has 0 bridgehead atoms. The standard InChI is InChI=1S/C13H16N4O/c1-9(6-14)17-12-5-10(7-15)3-4-11(12)16(2)8-13(17)18/h3-5,9H,6,8,14H2,1-2H3. The Kier molecular flexibility index (Phi) is 3.21. The van der Waals surface area contributed by atoms with Crippen LogP contribution in [0.15, 0.2) is 18.2 Å². The fourth-order valence-corrected chi connectivity index (χ4v) is 2.20. The lowest BCUT2D eigenvalue weighted by Crippen LogP contribution is -2.50. The highest BCUT2D eigenvalue weighted by molar-refractivity contribution is 6.03. The van der Waals surface area contributed by atoms with Crippen LogP contribution in [0, 0.1) is 11.3 Å². The Hall–Kier alpha value is -2.06. The van der Waals surface area contributed by atoms with Crippen LogP contribution in [0.4, 0.5) is 11.4 Å². The predicted octanol–water partition coefficient (Wildman–Crippen LogP) is 0.688. The van der Waals surface area contributed by atoms with Gasteiger partial charge in [-0.3, -0.25) is 4.79 Å². The summed E-state index contributed by atoms with van der Waals surface area (Å²) >= 11 is 0. The third kappa shape index (κ3) is 1.91. The molecule has 18 heavy (non-hydrogen) atoms. The number of nitriles is 1. The van der Waals surface area contributed by atoms with Crippen LogP contribution in [-0.2, 0) is 4.79 Å². The van der Waals surface area contributed by atoms with E-state index in [9.17, 15) is 4.79 Å². The Balaban J connectivity index is 2.55. The highest BCUT2D eigenvalue weighted by atomic mass is 16.2. The number of likely N-dealkylation sites (N-methyl/N-ethyl adjacent to an activating group) is 1. The smallest absolute Gasteiger partial charge is 0.246 e. The van der Waals surface area contributed by atoms with Gasteiger partial charge in [-0.05, 0) is 25.1 Å². The second kappa shape index (κ2) is 4.67. The quantitative estimate of drug-likeness (QED) is 0.830. The topological polar surface area (TPSA) is 73.4 Å². The number of hydrogen-bond donors (Lipinski definition) is 1. The van der Waals surface area contributed by atoms with Crippen LogP contribution >= 0.6 is 0 Å². The van der Waals surface area contributed by atoms with Gasteiger partial charge in [-0.15, -0.1) is 0 Å². The molecule has 2 N–H and O–H groups in total. The highest BCUT2D eigenvalue weighted by Crippen LogP contribution is 2.34. The third-order valence-electron chi connectivity index (χ3n) is 3.20. The Morgan fingerprint density at radius 1 is 1.50 bits per heavy atom. The van der Waals surface area contributed by atoms with Crippen molar-refractivity contribution in [3.05, 3.63) is 23.8 Å². The average Bonchev–Trinajstić information content (AvgIpc) is 2.37. The maximum Gasteiger partial charge on any atom is 0.246 e. The number of amides is 1. The summed E-state index contributed by atoms with van der Waals surface area (Å²) in [4.78, 5) is 15.7.